The number of aliphatic hydroxyl groups is 4. The van der Waals surface area contributed by atoms with Gasteiger partial charge in [0.25, 0.3) is 0 Å². The minimum atomic E-state index is -4.73. The number of allylic oxidation sites excluding steroid dienone is 1. The Morgan fingerprint density at radius 2 is 1.78 bits per heavy atom. The lowest BCUT2D eigenvalue weighted by Crippen LogP contribution is -2.61. The first kappa shape index (κ1) is 29.1. The second-order valence-corrected chi connectivity index (χ2v) is 14.5. The number of carbonyl (C=O) groups is 1. The second kappa shape index (κ2) is 9.35. The average molecular weight is 545 g/mol. The van der Waals surface area contributed by atoms with Crippen LogP contribution in [-0.2, 0) is 19.4 Å². The van der Waals surface area contributed by atoms with Crippen LogP contribution < -0.4 is 0 Å². The van der Waals surface area contributed by atoms with Crippen LogP contribution in [0.4, 0.5) is 0 Å². The van der Waals surface area contributed by atoms with Gasteiger partial charge in [-0.25, -0.2) is 4.18 Å². The maximum atomic E-state index is 13.3. The van der Waals surface area contributed by atoms with Crippen molar-refractivity contribution in [2.45, 2.75) is 115 Å². The molecular weight excluding hydrogens is 500 g/mol. The summed E-state index contributed by atoms with van der Waals surface area (Å²) in [5.41, 5.74) is -2.86. The van der Waals surface area contributed by atoms with E-state index < -0.39 is 56.7 Å². The predicted molar refractivity (Wildman–Crippen MR) is 136 cm³/mol. The zero-order chi connectivity index (χ0) is 27.8. The van der Waals surface area contributed by atoms with Gasteiger partial charge in [0, 0.05) is 11.3 Å². The van der Waals surface area contributed by atoms with Crippen LogP contribution in [0.15, 0.2) is 11.6 Å². The first-order chi connectivity index (χ1) is 16.8. The molecule has 10 atom stereocenters. The molecule has 0 aliphatic heterocycles. The molecule has 4 aliphatic rings. The minimum Gasteiger partial charge on any atom is -0.390 e. The molecule has 3 saturated carbocycles. The van der Waals surface area contributed by atoms with Crippen LogP contribution in [0, 0.1) is 34.5 Å². The molecule has 10 heteroatoms. The molecule has 0 aromatic heterocycles. The molecule has 0 aromatic carbocycles. The van der Waals surface area contributed by atoms with Gasteiger partial charge in [-0.2, -0.15) is 8.42 Å². The first-order valence-electron chi connectivity index (χ1n) is 13.5. The molecule has 5 N–H and O–H groups in total. The van der Waals surface area contributed by atoms with E-state index in [0.29, 0.717) is 37.7 Å². The van der Waals surface area contributed by atoms with Crippen molar-refractivity contribution in [3.05, 3.63) is 11.6 Å². The van der Waals surface area contributed by atoms with Gasteiger partial charge in [-0.1, -0.05) is 20.8 Å². The summed E-state index contributed by atoms with van der Waals surface area (Å²) in [6.07, 6.45) is 2.16. The van der Waals surface area contributed by atoms with E-state index >= 15 is 0 Å². The monoisotopic (exact) mass is 544 g/mol. The van der Waals surface area contributed by atoms with Crippen LogP contribution in [0.1, 0.15) is 86.0 Å². The Balaban J connectivity index is 1.66. The van der Waals surface area contributed by atoms with Gasteiger partial charge in [0.1, 0.15) is 0 Å². The highest BCUT2D eigenvalue weighted by Gasteiger charge is 2.67. The summed E-state index contributed by atoms with van der Waals surface area (Å²) in [7, 11) is -4.73. The van der Waals surface area contributed by atoms with E-state index in [-0.39, 0.29) is 42.8 Å². The van der Waals surface area contributed by atoms with E-state index in [4.69, 9.17) is 4.18 Å². The number of hydrogen-bond acceptors (Lipinski definition) is 8. The fourth-order valence-corrected chi connectivity index (χ4v) is 9.15. The van der Waals surface area contributed by atoms with Gasteiger partial charge >= 0.3 is 10.4 Å². The van der Waals surface area contributed by atoms with Gasteiger partial charge in [-0.05, 0) is 100 Å². The fourth-order valence-electron chi connectivity index (χ4n) is 8.56. The number of aliphatic hydroxyl groups excluding tert-OH is 2. The Morgan fingerprint density at radius 3 is 2.38 bits per heavy atom. The number of fused-ring (bicyclic) bond motifs is 5. The summed E-state index contributed by atoms with van der Waals surface area (Å²) < 4.78 is 38.0. The number of ketones is 1. The molecule has 212 valence electrons. The smallest absolute Gasteiger partial charge is 0.390 e. The predicted octanol–water partition coefficient (Wildman–Crippen LogP) is 2.57. The maximum Gasteiger partial charge on any atom is 0.397 e. The summed E-state index contributed by atoms with van der Waals surface area (Å²) >= 11 is 0. The Kier molecular flexibility index (Phi) is 7.36. The summed E-state index contributed by atoms with van der Waals surface area (Å²) in [6, 6.07) is 0. The van der Waals surface area contributed by atoms with Gasteiger partial charge < -0.3 is 20.4 Å². The molecule has 3 fully saturated rings. The highest BCUT2D eigenvalue weighted by Crippen LogP contribution is 2.68. The Labute approximate surface area is 220 Å². The summed E-state index contributed by atoms with van der Waals surface area (Å²) in [5.74, 6) is -1.16. The Morgan fingerprint density at radius 1 is 1.14 bits per heavy atom. The molecule has 0 saturated heterocycles. The standard InChI is InChI=1S/C27H44O9S/c1-15(23(36-37(33,34)35)8-9-24(2,3)31)16-7-11-27(32)18-12-20(28)19-13-21(29)22(30)14-25(19,4)17(18)6-10-26(16,27)5/h12,15-17,19,21-23,29-32H,6-11,13-14H2,1-5H3,(H,33,34,35)/t15-,16+,17-,19-,21+,22-,23+,25+,26+,27+/m0/s1. The third-order valence-corrected chi connectivity index (χ3v) is 11.2. The molecule has 4 aliphatic carbocycles. The van der Waals surface area contributed by atoms with Crippen LogP contribution >= 0.6 is 0 Å². The van der Waals surface area contributed by atoms with Gasteiger partial charge in [0.15, 0.2) is 5.78 Å². The van der Waals surface area contributed by atoms with Crippen LogP contribution in [0.3, 0.4) is 0 Å². The van der Waals surface area contributed by atoms with Crippen molar-refractivity contribution < 1.29 is 42.4 Å². The SMILES string of the molecule is C[C@@H]([C@H]1CC[C@@]2(O)C3=CC(=O)[C@@H]4C[C@@H](O)[C@@H](O)C[C@]4(C)[C@H]3CC[C@]12C)[C@@H](CCC(C)(C)O)OS(=O)(=O)O. The van der Waals surface area contributed by atoms with Gasteiger partial charge in [-0.15, -0.1) is 0 Å². The third-order valence-electron chi connectivity index (χ3n) is 10.7. The molecule has 0 amide bonds. The van der Waals surface area contributed by atoms with Crippen molar-refractivity contribution in [3.63, 3.8) is 0 Å². The van der Waals surface area contributed by atoms with Crippen molar-refractivity contribution in [1.82, 2.24) is 0 Å². The van der Waals surface area contributed by atoms with Crippen LogP contribution in [0.5, 0.6) is 0 Å². The van der Waals surface area contributed by atoms with Crippen molar-refractivity contribution >= 4 is 16.2 Å². The minimum absolute atomic E-state index is 0.107. The highest BCUT2D eigenvalue weighted by molar-refractivity contribution is 7.80. The highest BCUT2D eigenvalue weighted by atomic mass is 32.3. The van der Waals surface area contributed by atoms with E-state index in [2.05, 4.69) is 0 Å². The van der Waals surface area contributed by atoms with Crippen LogP contribution in [0.2, 0.25) is 0 Å². The Bertz CT molecular complexity index is 1050. The van der Waals surface area contributed by atoms with Crippen molar-refractivity contribution in [2.24, 2.45) is 34.5 Å². The van der Waals surface area contributed by atoms with Crippen LogP contribution in [0.25, 0.3) is 0 Å². The van der Waals surface area contributed by atoms with E-state index in [1.165, 1.54) is 0 Å². The lowest BCUT2D eigenvalue weighted by atomic mass is 9.46. The molecule has 0 bridgehead atoms. The molecule has 37 heavy (non-hydrogen) atoms. The summed E-state index contributed by atoms with van der Waals surface area (Å²) in [6.45, 7) is 9.11. The normalized spacial score (nSPS) is 43.9. The van der Waals surface area contributed by atoms with Gasteiger partial charge in [0.05, 0.1) is 29.5 Å². The lowest BCUT2D eigenvalue weighted by molar-refractivity contribution is -0.154. The molecule has 0 aromatic rings. The van der Waals surface area contributed by atoms with Crippen molar-refractivity contribution in [2.75, 3.05) is 0 Å². The summed E-state index contributed by atoms with van der Waals surface area (Å²) in [5, 5.41) is 43.3. The van der Waals surface area contributed by atoms with Gasteiger partial charge in [-0.3, -0.25) is 9.35 Å². The number of hydrogen-bond donors (Lipinski definition) is 5. The van der Waals surface area contributed by atoms with Crippen molar-refractivity contribution in [3.8, 4) is 0 Å². The number of rotatable bonds is 7. The second-order valence-electron chi connectivity index (χ2n) is 13.4. The molecule has 0 heterocycles. The van der Waals surface area contributed by atoms with E-state index in [1.54, 1.807) is 19.9 Å². The zero-order valence-electron chi connectivity index (χ0n) is 22.6. The average Bonchev–Trinajstić information content (AvgIpc) is 3.03. The molecule has 4 rings (SSSR count). The molecule has 0 spiro atoms. The molecule has 0 unspecified atom stereocenters. The van der Waals surface area contributed by atoms with E-state index in [1.807, 2.05) is 20.8 Å². The third kappa shape index (κ3) is 4.96. The van der Waals surface area contributed by atoms with Crippen molar-refractivity contribution in [1.29, 1.82) is 0 Å². The summed E-state index contributed by atoms with van der Waals surface area (Å²) in [4.78, 5) is 13.3. The molecule has 0 radical (unpaired) electrons. The molecular formula is C27H44O9S. The van der Waals surface area contributed by atoms with Gasteiger partial charge in [0.2, 0.25) is 0 Å². The first-order valence-corrected chi connectivity index (χ1v) is 14.9. The topological polar surface area (TPSA) is 162 Å². The largest absolute Gasteiger partial charge is 0.397 e. The molecule has 9 nitrogen and oxygen atoms in total. The lowest BCUT2D eigenvalue weighted by Gasteiger charge is -2.60. The van der Waals surface area contributed by atoms with E-state index in [0.717, 1.165) is 0 Å². The number of carbonyl (C=O) groups excluding carboxylic acids is 1. The maximum absolute atomic E-state index is 13.3. The van der Waals surface area contributed by atoms with E-state index in [9.17, 15) is 38.2 Å². The fraction of sp³-hybridized carbons (Fsp3) is 0.889. The Hall–Kier alpha value is -0.880. The quantitative estimate of drug-likeness (QED) is 0.303. The zero-order valence-corrected chi connectivity index (χ0v) is 23.4. The van der Waals surface area contributed by atoms with Crippen LogP contribution in [-0.4, -0.2) is 68.7 Å².